The van der Waals surface area contributed by atoms with E-state index in [1.165, 1.54) is 5.56 Å². The summed E-state index contributed by atoms with van der Waals surface area (Å²) in [6.07, 6.45) is 1.41. The third kappa shape index (κ3) is 3.59. The van der Waals surface area contributed by atoms with Crippen molar-refractivity contribution >= 4 is 17.5 Å². The van der Waals surface area contributed by atoms with Gasteiger partial charge in [0, 0.05) is 32.1 Å². The third-order valence-corrected chi connectivity index (χ3v) is 3.54. The van der Waals surface area contributed by atoms with E-state index in [0.717, 1.165) is 24.2 Å². The van der Waals surface area contributed by atoms with E-state index in [2.05, 4.69) is 11.4 Å². The number of nitrogens with one attached hydrogen (secondary N) is 1. The zero-order valence-corrected chi connectivity index (χ0v) is 12.4. The van der Waals surface area contributed by atoms with Gasteiger partial charge in [-0.25, -0.2) is 0 Å². The maximum absolute atomic E-state index is 11.8. The Balaban J connectivity index is 2.09. The summed E-state index contributed by atoms with van der Waals surface area (Å²) in [7, 11) is 0. The predicted molar refractivity (Wildman–Crippen MR) is 79.3 cm³/mol. The number of rotatable bonds is 3. The van der Waals surface area contributed by atoms with E-state index in [0.29, 0.717) is 18.9 Å². The van der Waals surface area contributed by atoms with Crippen molar-refractivity contribution in [2.45, 2.75) is 40.2 Å². The van der Waals surface area contributed by atoms with Crippen molar-refractivity contribution < 1.29 is 9.59 Å². The number of hydrogen-bond acceptors (Lipinski definition) is 2. The lowest BCUT2D eigenvalue weighted by Gasteiger charge is -2.28. The van der Waals surface area contributed by atoms with Crippen LogP contribution in [0.5, 0.6) is 0 Å². The van der Waals surface area contributed by atoms with Gasteiger partial charge in [0.15, 0.2) is 0 Å². The Kier molecular flexibility index (Phi) is 4.42. The zero-order chi connectivity index (χ0) is 14.7. The van der Waals surface area contributed by atoms with Crippen LogP contribution in [0.25, 0.3) is 0 Å². The van der Waals surface area contributed by atoms with Crippen molar-refractivity contribution in [3.8, 4) is 0 Å². The fraction of sp³-hybridized carbons (Fsp3) is 0.500. The van der Waals surface area contributed by atoms with E-state index >= 15 is 0 Å². The quantitative estimate of drug-likeness (QED) is 0.921. The van der Waals surface area contributed by atoms with Crippen LogP contribution in [0.2, 0.25) is 0 Å². The van der Waals surface area contributed by atoms with Gasteiger partial charge < -0.3 is 10.2 Å². The van der Waals surface area contributed by atoms with Gasteiger partial charge in [-0.3, -0.25) is 9.59 Å². The molecule has 0 saturated heterocycles. The average Bonchev–Trinajstić information content (AvgIpc) is 2.36. The first kappa shape index (κ1) is 14.6. The molecule has 4 nitrogen and oxygen atoms in total. The lowest BCUT2D eigenvalue weighted by atomic mass is 9.99. The van der Waals surface area contributed by atoms with E-state index < -0.39 is 0 Å². The Morgan fingerprint density at radius 3 is 2.70 bits per heavy atom. The molecule has 0 spiro atoms. The second-order valence-corrected chi connectivity index (χ2v) is 5.82. The third-order valence-electron chi connectivity index (χ3n) is 3.54. The molecular formula is C16H22N2O2. The second-order valence-electron chi connectivity index (χ2n) is 5.82. The molecule has 0 aromatic heterocycles. The average molecular weight is 274 g/mol. The molecule has 1 N–H and O–H groups in total. The molecule has 20 heavy (non-hydrogen) atoms. The molecule has 1 aromatic carbocycles. The molecule has 1 aromatic rings. The number of nitrogens with zero attached hydrogens (tertiary/aromatic N) is 1. The molecule has 1 aliphatic rings. The molecule has 0 unspecified atom stereocenters. The first-order chi connectivity index (χ1) is 9.45. The molecule has 0 radical (unpaired) electrons. The van der Waals surface area contributed by atoms with E-state index in [9.17, 15) is 9.59 Å². The summed E-state index contributed by atoms with van der Waals surface area (Å²) in [6, 6.07) is 5.99. The lowest BCUT2D eigenvalue weighted by Crippen LogP contribution is -2.34. The molecule has 0 saturated carbocycles. The number of benzene rings is 1. The molecular weight excluding hydrogens is 252 g/mol. The Labute approximate surface area is 120 Å². The van der Waals surface area contributed by atoms with E-state index in [1.807, 2.05) is 30.9 Å². The fourth-order valence-electron chi connectivity index (χ4n) is 2.49. The van der Waals surface area contributed by atoms with E-state index in [-0.39, 0.29) is 11.8 Å². The summed E-state index contributed by atoms with van der Waals surface area (Å²) in [6.45, 7) is 7.06. The van der Waals surface area contributed by atoms with Crippen LogP contribution in [-0.4, -0.2) is 23.3 Å². The molecule has 1 heterocycles. The Morgan fingerprint density at radius 1 is 1.30 bits per heavy atom. The SMILES string of the molecule is CC(=O)N1CCc2ccc(NC(=O)CC(C)C)cc2C1. The van der Waals surface area contributed by atoms with Crippen LogP contribution in [0.4, 0.5) is 5.69 Å². The molecule has 108 valence electrons. The highest BCUT2D eigenvalue weighted by atomic mass is 16.2. The van der Waals surface area contributed by atoms with Crippen LogP contribution in [0.15, 0.2) is 18.2 Å². The summed E-state index contributed by atoms with van der Waals surface area (Å²) in [5.74, 6) is 0.491. The summed E-state index contributed by atoms with van der Waals surface area (Å²) in [4.78, 5) is 25.1. The van der Waals surface area contributed by atoms with Crippen molar-refractivity contribution in [1.82, 2.24) is 4.90 Å². The first-order valence-corrected chi connectivity index (χ1v) is 7.13. The standard InChI is InChI=1S/C16H22N2O2/c1-11(2)8-16(20)17-15-5-4-13-6-7-18(12(3)19)10-14(13)9-15/h4-5,9,11H,6-8,10H2,1-3H3,(H,17,20). The van der Waals surface area contributed by atoms with Crippen LogP contribution in [0.1, 0.15) is 38.3 Å². The summed E-state index contributed by atoms with van der Waals surface area (Å²) >= 11 is 0. The first-order valence-electron chi connectivity index (χ1n) is 7.13. The second kappa shape index (κ2) is 6.07. The van der Waals surface area contributed by atoms with Crippen molar-refractivity contribution in [3.05, 3.63) is 29.3 Å². The number of carbonyl (C=O) groups is 2. The fourth-order valence-corrected chi connectivity index (χ4v) is 2.49. The van der Waals surface area contributed by atoms with Gasteiger partial charge in [0.05, 0.1) is 0 Å². The lowest BCUT2D eigenvalue weighted by molar-refractivity contribution is -0.129. The molecule has 0 bridgehead atoms. The van der Waals surface area contributed by atoms with Gasteiger partial charge in [-0.1, -0.05) is 19.9 Å². The van der Waals surface area contributed by atoms with Gasteiger partial charge in [-0.15, -0.1) is 0 Å². The van der Waals surface area contributed by atoms with Gasteiger partial charge in [0.1, 0.15) is 0 Å². The highest BCUT2D eigenvalue weighted by Crippen LogP contribution is 2.23. The smallest absolute Gasteiger partial charge is 0.224 e. The highest BCUT2D eigenvalue weighted by Gasteiger charge is 2.18. The van der Waals surface area contributed by atoms with Gasteiger partial charge in [0.2, 0.25) is 11.8 Å². The van der Waals surface area contributed by atoms with E-state index in [1.54, 1.807) is 6.92 Å². The van der Waals surface area contributed by atoms with Gasteiger partial charge >= 0.3 is 0 Å². The molecule has 0 fully saturated rings. The Hall–Kier alpha value is -1.84. The number of carbonyl (C=O) groups excluding carboxylic acids is 2. The molecule has 2 amide bonds. The molecule has 1 aliphatic heterocycles. The zero-order valence-electron chi connectivity index (χ0n) is 12.4. The minimum Gasteiger partial charge on any atom is -0.338 e. The Morgan fingerprint density at radius 2 is 2.05 bits per heavy atom. The van der Waals surface area contributed by atoms with Crippen molar-refractivity contribution in [3.63, 3.8) is 0 Å². The number of amides is 2. The number of fused-ring (bicyclic) bond motifs is 1. The monoisotopic (exact) mass is 274 g/mol. The molecule has 2 rings (SSSR count). The van der Waals surface area contributed by atoms with Gasteiger partial charge in [-0.05, 0) is 35.6 Å². The molecule has 0 atom stereocenters. The Bertz CT molecular complexity index is 523. The topological polar surface area (TPSA) is 49.4 Å². The van der Waals surface area contributed by atoms with Crippen molar-refractivity contribution in [2.75, 3.05) is 11.9 Å². The largest absolute Gasteiger partial charge is 0.338 e. The van der Waals surface area contributed by atoms with E-state index in [4.69, 9.17) is 0 Å². The normalized spacial score (nSPS) is 14.1. The summed E-state index contributed by atoms with van der Waals surface area (Å²) < 4.78 is 0. The van der Waals surface area contributed by atoms with Gasteiger partial charge in [0.25, 0.3) is 0 Å². The van der Waals surface area contributed by atoms with Gasteiger partial charge in [-0.2, -0.15) is 0 Å². The summed E-state index contributed by atoms with van der Waals surface area (Å²) in [5, 5.41) is 2.93. The maximum atomic E-state index is 11.8. The molecule has 0 aliphatic carbocycles. The van der Waals surface area contributed by atoms with Crippen LogP contribution in [-0.2, 0) is 22.6 Å². The maximum Gasteiger partial charge on any atom is 0.224 e. The van der Waals surface area contributed by atoms with Crippen molar-refractivity contribution in [1.29, 1.82) is 0 Å². The van der Waals surface area contributed by atoms with Crippen molar-refractivity contribution in [2.24, 2.45) is 5.92 Å². The van der Waals surface area contributed by atoms with Crippen LogP contribution < -0.4 is 5.32 Å². The number of hydrogen-bond donors (Lipinski definition) is 1. The highest BCUT2D eigenvalue weighted by molar-refractivity contribution is 5.91. The minimum atomic E-state index is 0.0409. The number of anilines is 1. The predicted octanol–water partition coefficient (Wildman–Crippen LogP) is 2.58. The molecule has 4 heteroatoms. The van der Waals surface area contributed by atoms with Crippen LogP contribution in [0.3, 0.4) is 0 Å². The van der Waals surface area contributed by atoms with Crippen LogP contribution in [0, 0.1) is 5.92 Å². The van der Waals surface area contributed by atoms with Crippen LogP contribution >= 0.6 is 0 Å². The minimum absolute atomic E-state index is 0.0409. The summed E-state index contributed by atoms with van der Waals surface area (Å²) in [5.41, 5.74) is 3.22.